The minimum absolute atomic E-state index is 0.0954. The summed E-state index contributed by atoms with van der Waals surface area (Å²) in [4.78, 5) is 57.4. The third-order valence-electron chi connectivity index (χ3n) is 10.0. The maximum atomic E-state index is 14.6. The highest BCUT2D eigenvalue weighted by molar-refractivity contribution is 7.99. The summed E-state index contributed by atoms with van der Waals surface area (Å²) in [7, 11) is 1.62. The molecule has 15 heteroatoms. The number of unbranched alkanes of at least 4 members (excludes halogenated alkanes) is 1. The molecule has 6 rings (SSSR count). The van der Waals surface area contributed by atoms with Gasteiger partial charge in [0.2, 0.25) is 17.7 Å². The van der Waals surface area contributed by atoms with Gasteiger partial charge in [-0.15, -0.1) is 0 Å². The van der Waals surface area contributed by atoms with E-state index in [9.17, 15) is 14.4 Å². The number of fused-ring (bicyclic) bond motifs is 3. The summed E-state index contributed by atoms with van der Waals surface area (Å²) in [6, 6.07) is 16.5. The summed E-state index contributed by atoms with van der Waals surface area (Å²) >= 11 is 14.8. The van der Waals surface area contributed by atoms with Crippen LogP contribution in [-0.4, -0.2) is 75.8 Å². The van der Waals surface area contributed by atoms with Crippen LogP contribution < -0.4 is 27.4 Å². The minimum atomic E-state index is -0.936. The number of hydrogen-bond donors (Lipinski definition) is 6. The molecule has 3 aromatic heterocycles. The van der Waals surface area contributed by atoms with Crippen LogP contribution in [0.25, 0.3) is 22.0 Å². The zero-order chi connectivity index (χ0) is 39.6. The molecule has 0 saturated carbocycles. The van der Waals surface area contributed by atoms with Gasteiger partial charge in [0.1, 0.15) is 22.3 Å². The number of aromatic nitrogens is 3. The van der Waals surface area contributed by atoms with Gasteiger partial charge in [-0.25, -0.2) is 9.97 Å². The van der Waals surface area contributed by atoms with E-state index in [1.807, 2.05) is 60.8 Å². The number of carbonyl (C=O) groups excluding carboxylic acids is 3. The number of carbonyl (C=O) groups is 3. The highest BCUT2D eigenvalue weighted by Gasteiger charge is 2.34. The molecule has 56 heavy (non-hydrogen) atoms. The van der Waals surface area contributed by atoms with Gasteiger partial charge in [0.25, 0.3) is 0 Å². The van der Waals surface area contributed by atoms with Crippen LogP contribution in [0.2, 0.25) is 10.2 Å². The number of likely N-dealkylation sites (N-methyl/N-ethyl adjacent to an activating group) is 1. The molecule has 3 atom stereocenters. The van der Waals surface area contributed by atoms with Crippen molar-refractivity contribution in [1.29, 1.82) is 0 Å². The second kappa shape index (κ2) is 19.6. The van der Waals surface area contributed by atoms with Crippen molar-refractivity contribution in [2.45, 2.75) is 79.7 Å². The summed E-state index contributed by atoms with van der Waals surface area (Å²) in [6.45, 7) is 1.26. The number of rotatable bonds is 10. The molecule has 1 aliphatic heterocycles. The van der Waals surface area contributed by atoms with Gasteiger partial charge in [-0.2, -0.15) is 0 Å². The number of nitrogens with one attached hydrogen (secondary N) is 4. The third kappa shape index (κ3) is 10.1. The molecule has 1 aliphatic rings. The van der Waals surface area contributed by atoms with Gasteiger partial charge in [0.05, 0.1) is 11.1 Å². The van der Waals surface area contributed by atoms with Crippen LogP contribution in [0.4, 0.5) is 0 Å². The summed E-state index contributed by atoms with van der Waals surface area (Å²) in [5.74, 6) is -1.06. The molecule has 0 unspecified atom stereocenters. The fourth-order valence-corrected chi connectivity index (χ4v) is 8.43. The number of halogens is 2. The molecule has 5 aromatic rings. The van der Waals surface area contributed by atoms with E-state index < -0.39 is 18.1 Å². The number of nitrogens with two attached hydrogens (primary N) is 2. The number of amides is 3. The number of nitrogens with zero attached hydrogens (tertiary/aromatic N) is 3. The van der Waals surface area contributed by atoms with Gasteiger partial charge in [-0.1, -0.05) is 59.2 Å². The van der Waals surface area contributed by atoms with Crippen LogP contribution in [0.15, 0.2) is 89.2 Å². The Labute approximate surface area is 340 Å². The zero-order valence-electron chi connectivity index (χ0n) is 31.2. The highest BCUT2D eigenvalue weighted by Crippen LogP contribution is 2.40. The van der Waals surface area contributed by atoms with Crippen LogP contribution in [-0.2, 0) is 33.9 Å². The lowest BCUT2D eigenvalue weighted by atomic mass is 10.0. The number of pyridine rings is 2. The molecule has 0 saturated heterocycles. The van der Waals surface area contributed by atoms with Crippen LogP contribution >= 0.6 is 35.0 Å². The highest BCUT2D eigenvalue weighted by atomic mass is 35.5. The van der Waals surface area contributed by atoms with Gasteiger partial charge in [-0.3, -0.25) is 14.4 Å². The van der Waals surface area contributed by atoms with E-state index in [1.165, 1.54) is 16.7 Å². The van der Waals surface area contributed by atoms with E-state index in [0.717, 1.165) is 38.7 Å². The van der Waals surface area contributed by atoms with Crippen molar-refractivity contribution < 1.29 is 14.4 Å². The number of para-hydroxylation sites is 1. The lowest BCUT2D eigenvalue weighted by Gasteiger charge is -2.32. The largest absolute Gasteiger partial charge is 0.361 e. The molecule has 0 spiro atoms. The van der Waals surface area contributed by atoms with E-state index in [1.54, 1.807) is 25.5 Å². The number of hydrogen-bond acceptors (Lipinski definition) is 9. The van der Waals surface area contributed by atoms with E-state index in [-0.39, 0.29) is 30.7 Å². The minimum Gasteiger partial charge on any atom is -0.361 e. The normalized spacial score (nSPS) is 18.6. The maximum absolute atomic E-state index is 14.6. The van der Waals surface area contributed by atoms with Crippen LogP contribution in [0, 0.1) is 0 Å². The van der Waals surface area contributed by atoms with Crippen molar-refractivity contribution in [3.63, 3.8) is 0 Å². The standard InChI is InChI=1S/C41H47Cl2N9O3S/c1-52-35(20-28-23-48-32-10-3-2-9-30(28)32)39(54)50-24-29-18-27(25-13-17-46-36(43)21-25)19-31(42)37(29)56-40-26(8-7-16-47-40)22-49-33(12-6-15-45)38(53)51-34(41(52)55)11-4-5-14-44/h2-3,7-10,13,16-19,21,23,33-35,48-49H,4-6,11-12,14-15,20,22,24,44-45H2,1H3,(H,50,54)(H,51,53)/t33-,34-,35-/m0/s1. The van der Waals surface area contributed by atoms with Crippen molar-refractivity contribution in [2.24, 2.45) is 11.5 Å². The number of H-pyrrole nitrogens is 1. The Morgan fingerprint density at radius 3 is 2.45 bits per heavy atom. The molecule has 0 fully saturated rings. The SMILES string of the molecule is CN1C(=O)[C@H](CCCCN)NC(=O)[C@H](CCCN)NCc2cccnc2Sc2c(Cl)cc(-c3ccnc(Cl)c3)cc2CNC(=O)[C@@H]1Cc1c[nH]c2ccccc12. The van der Waals surface area contributed by atoms with Crippen molar-refractivity contribution in [1.82, 2.24) is 35.8 Å². The molecule has 0 aliphatic carbocycles. The maximum Gasteiger partial charge on any atom is 0.245 e. The van der Waals surface area contributed by atoms with Gasteiger partial charge < -0.3 is 37.3 Å². The van der Waals surface area contributed by atoms with Gasteiger partial charge in [0, 0.05) is 60.9 Å². The van der Waals surface area contributed by atoms with Crippen molar-refractivity contribution in [3.05, 3.63) is 106 Å². The Kier molecular flexibility index (Phi) is 14.4. The first-order valence-electron chi connectivity index (χ1n) is 18.8. The lowest BCUT2D eigenvalue weighted by Crippen LogP contribution is -2.57. The molecule has 294 valence electrons. The smallest absolute Gasteiger partial charge is 0.245 e. The second-order valence-electron chi connectivity index (χ2n) is 13.8. The molecular weight excluding hydrogens is 769 g/mol. The average Bonchev–Trinajstić information content (AvgIpc) is 3.61. The quantitative estimate of drug-likeness (QED) is 0.0773. The molecule has 0 bridgehead atoms. The molecule has 2 aromatic carbocycles. The lowest BCUT2D eigenvalue weighted by molar-refractivity contribution is -0.142. The average molecular weight is 817 g/mol. The second-order valence-corrected chi connectivity index (χ2v) is 15.6. The monoisotopic (exact) mass is 815 g/mol. The predicted octanol–water partition coefficient (Wildman–Crippen LogP) is 5.59. The van der Waals surface area contributed by atoms with E-state index >= 15 is 0 Å². The van der Waals surface area contributed by atoms with Crippen molar-refractivity contribution in [3.8, 4) is 11.1 Å². The molecule has 12 nitrogen and oxygen atoms in total. The summed E-state index contributed by atoms with van der Waals surface area (Å²) in [6.07, 6.45) is 8.11. The van der Waals surface area contributed by atoms with Gasteiger partial charge >= 0.3 is 0 Å². The van der Waals surface area contributed by atoms with E-state index in [0.29, 0.717) is 71.8 Å². The Hall–Kier alpha value is -4.50. The molecule has 3 amide bonds. The van der Waals surface area contributed by atoms with Crippen LogP contribution in [0.1, 0.15) is 48.8 Å². The fourth-order valence-electron chi connectivity index (χ4n) is 6.91. The third-order valence-corrected chi connectivity index (χ3v) is 11.9. The molecule has 0 radical (unpaired) electrons. The Morgan fingerprint density at radius 2 is 1.64 bits per heavy atom. The first-order valence-corrected chi connectivity index (χ1v) is 20.3. The summed E-state index contributed by atoms with van der Waals surface area (Å²) in [5, 5.41) is 12.0. The topological polar surface area (TPSA) is 184 Å². The van der Waals surface area contributed by atoms with Crippen molar-refractivity contribution in [2.75, 3.05) is 20.1 Å². The molecule has 8 N–H and O–H groups in total. The van der Waals surface area contributed by atoms with Crippen LogP contribution in [0.3, 0.4) is 0 Å². The number of aromatic amines is 1. The Morgan fingerprint density at radius 1 is 0.839 bits per heavy atom. The Bertz CT molecular complexity index is 2170. The zero-order valence-corrected chi connectivity index (χ0v) is 33.5. The first-order chi connectivity index (χ1) is 27.2. The Balaban J connectivity index is 1.45. The summed E-state index contributed by atoms with van der Waals surface area (Å²) in [5.41, 5.74) is 16.7. The molecular formula is C41H47Cl2N9O3S. The van der Waals surface area contributed by atoms with Crippen molar-refractivity contribution >= 4 is 63.6 Å². The van der Waals surface area contributed by atoms with Crippen LogP contribution in [0.5, 0.6) is 0 Å². The summed E-state index contributed by atoms with van der Waals surface area (Å²) < 4.78 is 0. The van der Waals surface area contributed by atoms with Gasteiger partial charge in [0.15, 0.2) is 0 Å². The van der Waals surface area contributed by atoms with E-state index in [2.05, 4.69) is 25.9 Å². The fraction of sp³-hybridized carbons (Fsp3) is 0.341. The predicted molar refractivity (Wildman–Crippen MR) is 222 cm³/mol. The first kappa shape index (κ1) is 41.1. The van der Waals surface area contributed by atoms with E-state index in [4.69, 9.17) is 39.7 Å². The van der Waals surface area contributed by atoms with Gasteiger partial charge in [-0.05, 0) is 109 Å². The number of benzene rings is 2. The molecule has 4 heterocycles.